The first-order valence-electron chi connectivity index (χ1n) is 30.1. The summed E-state index contributed by atoms with van der Waals surface area (Å²) in [6.07, 6.45) is 65.3. The Labute approximate surface area is 418 Å². The van der Waals surface area contributed by atoms with E-state index in [9.17, 15) is 19.8 Å². The van der Waals surface area contributed by atoms with Gasteiger partial charge in [0, 0.05) is 6.42 Å². The van der Waals surface area contributed by atoms with Gasteiger partial charge < -0.3 is 20.3 Å². The molecule has 3 N–H and O–H groups in total. The molecule has 0 aromatic heterocycles. The number of carbonyl (C=O) groups excluding carboxylic acids is 2. The van der Waals surface area contributed by atoms with Crippen molar-refractivity contribution in [2.45, 2.75) is 347 Å². The SMILES string of the molecule is CCCCC/C=C/C=C/CCCCCCCCC(=O)OC(CCCCCCCCCCCCCCCCCC)CC(=O)NC(CO)C(O)CCCCCCCCCCCCCCCCCCC. The number of hydrogen-bond acceptors (Lipinski definition) is 5. The van der Waals surface area contributed by atoms with Crippen LogP contribution in [-0.4, -0.2) is 46.9 Å². The average Bonchev–Trinajstić information content (AvgIpc) is 3.32. The minimum atomic E-state index is -0.787. The summed E-state index contributed by atoms with van der Waals surface area (Å²) in [5.41, 5.74) is 0. The molecule has 0 fully saturated rings. The van der Waals surface area contributed by atoms with Crippen LogP contribution >= 0.6 is 0 Å². The first kappa shape index (κ1) is 65.3. The van der Waals surface area contributed by atoms with Crippen LogP contribution in [0.1, 0.15) is 329 Å². The topological polar surface area (TPSA) is 95.9 Å². The van der Waals surface area contributed by atoms with Gasteiger partial charge >= 0.3 is 5.97 Å². The molecule has 0 saturated heterocycles. The minimum absolute atomic E-state index is 0.0793. The summed E-state index contributed by atoms with van der Waals surface area (Å²) in [5.74, 6) is -0.465. The molecule has 3 unspecified atom stereocenters. The van der Waals surface area contributed by atoms with E-state index in [1.807, 2.05) is 0 Å². The molecule has 0 rings (SSSR count). The molecule has 0 aliphatic heterocycles. The fourth-order valence-electron chi connectivity index (χ4n) is 9.48. The van der Waals surface area contributed by atoms with E-state index in [4.69, 9.17) is 4.74 Å². The number of carbonyl (C=O) groups is 2. The van der Waals surface area contributed by atoms with Crippen LogP contribution in [0.5, 0.6) is 0 Å². The zero-order valence-electron chi connectivity index (χ0n) is 45.3. The van der Waals surface area contributed by atoms with Gasteiger partial charge in [0.25, 0.3) is 0 Å². The summed E-state index contributed by atoms with van der Waals surface area (Å²) in [4.78, 5) is 26.3. The highest BCUT2D eigenvalue weighted by molar-refractivity contribution is 5.77. The minimum Gasteiger partial charge on any atom is -0.462 e. The summed E-state index contributed by atoms with van der Waals surface area (Å²) < 4.78 is 5.97. The Balaban J connectivity index is 4.51. The summed E-state index contributed by atoms with van der Waals surface area (Å²) in [7, 11) is 0. The largest absolute Gasteiger partial charge is 0.462 e. The van der Waals surface area contributed by atoms with Gasteiger partial charge in [-0.3, -0.25) is 9.59 Å². The smallest absolute Gasteiger partial charge is 0.306 e. The summed E-state index contributed by atoms with van der Waals surface area (Å²) >= 11 is 0. The van der Waals surface area contributed by atoms with Gasteiger partial charge in [0.15, 0.2) is 0 Å². The van der Waals surface area contributed by atoms with E-state index < -0.39 is 18.2 Å². The highest BCUT2D eigenvalue weighted by Gasteiger charge is 2.24. The van der Waals surface area contributed by atoms with E-state index in [1.54, 1.807) is 0 Å². The molecule has 0 radical (unpaired) electrons. The summed E-state index contributed by atoms with van der Waals surface area (Å²) in [6, 6.07) is -0.700. The van der Waals surface area contributed by atoms with Gasteiger partial charge in [-0.15, -0.1) is 0 Å². The van der Waals surface area contributed by atoms with Gasteiger partial charge in [-0.2, -0.15) is 0 Å². The van der Waals surface area contributed by atoms with E-state index in [-0.39, 0.29) is 24.9 Å². The number of esters is 1. The molecular formula is C61H117NO5. The highest BCUT2D eigenvalue weighted by atomic mass is 16.5. The number of aliphatic hydroxyl groups is 2. The Hall–Kier alpha value is -1.66. The van der Waals surface area contributed by atoms with Gasteiger partial charge in [0.1, 0.15) is 6.10 Å². The number of aliphatic hydroxyl groups excluding tert-OH is 2. The lowest BCUT2D eigenvalue weighted by Crippen LogP contribution is -2.46. The third kappa shape index (κ3) is 50.5. The van der Waals surface area contributed by atoms with Gasteiger partial charge in [-0.25, -0.2) is 0 Å². The lowest BCUT2D eigenvalue weighted by Gasteiger charge is -2.24. The monoisotopic (exact) mass is 944 g/mol. The van der Waals surface area contributed by atoms with Crippen LogP contribution in [0.15, 0.2) is 24.3 Å². The van der Waals surface area contributed by atoms with Crippen LogP contribution in [0.3, 0.4) is 0 Å². The second-order valence-corrected chi connectivity index (χ2v) is 20.8. The molecule has 0 spiro atoms. The van der Waals surface area contributed by atoms with Crippen molar-refractivity contribution in [3.63, 3.8) is 0 Å². The van der Waals surface area contributed by atoms with E-state index in [1.165, 1.54) is 231 Å². The van der Waals surface area contributed by atoms with Crippen LogP contribution in [0.25, 0.3) is 0 Å². The zero-order chi connectivity index (χ0) is 48.8. The summed E-state index contributed by atoms with van der Waals surface area (Å²) in [5, 5.41) is 23.9. The Bertz CT molecular complexity index is 1060. The van der Waals surface area contributed by atoms with Crippen molar-refractivity contribution in [1.29, 1.82) is 0 Å². The molecule has 0 aromatic rings. The van der Waals surface area contributed by atoms with Gasteiger partial charge in [0.05, 0.1) is 25.2 Å². The van der Waals surface area contributed by atoms with Crippen LogP contribution in [0.4, 0.5) is 0 Å². The third-order valence-corrected chi connectivity index (χ3v) is 14.1. The van der Waals surface area contributed by atoms with Crippen molar-refractivity contribution in [3.05, 3.63) is 24.3 Å². The Morgan fingerprint density at radius 2 is 0.746 bits per heavy atom. The Morgan fingerprint density at radius 3 is 1.13 bits per heavy atom. The second kappa shape index (κ2) is 55.3. The molecule has 0 aliphatic rings. The third-order valence-electron chi connectivity index (χ3n) is 14.1. The lowest BCUT2D eigenvalue weighted by atomic mass is 10.0. The maximum Gasteiger partial charge on any atom is 0.306 e. The van der Waals surface area contributed by atoms with E-state index in [2.05, 4.69) is 50.4 Å². The molecule has 0 saturated carbocycles. The van der Waals surface area contributed by atoms with Crippen LogP contribution < -0.4 is 5.32 Å². The molecule has 1 amide bonds. The number of rotatable bonds is 55. The first-order chi connectivity index (χ1) is 33.0. The molecule has 0 aromatic carbocycles. The van der Waals surface area contributed by atoms with Crippen molar-refractivity contribution < 1.29 is 24.5 Å². The Kier molecular flexibility index (Phi) is 53.9. The molecule has 3 atom stereocenters. The van der Waals surface area contributed by atoms with Crippen molar-refractivity contribution in [2.75, 3.05) is 6.61 Å². The number of unbranched alkanes of at least 4 members (excludes halogenated alkanes) is 40. The molecule has 396 valence electrons. The molecule has 0 aliphatic carbocycles. The average molecular weight is 945 g/mol. The fourth-order valence-corrected chi connectivity index (χ4v) is 9.48. The predicted molar refractivity (Wildman–Crippen MR) is 292 cm³/mol. The summed E-state index contributed by atoms with van der Waals surface area (Å²) in [6.45, 7) is 6.50. The van der Waals surface area contributed by atoms with Crippen molar-refractivity contribution in [3.8, 4) is 0 Å². The molecule has 6 heteroatoms. The molecule has 0 heterocycles. The van der Waals surface area contributed by atoms with E-state index in [0.717, 1.165) is 51.4 Å². The Morgan fingerprint density at radius 1 is 0.433 bits per heavy atom. The predicted octanol–water partition coefficient (Wildman–Crippen LogP) is 18.6. The fraction of sp³-hybridized carbons (Fsp3) is 0.902. The standard InChI is InChI=1S/C61H117NO5/c1-4-7-10-13-16-19-22-25-28-30-33-35-38-41-44-47-50-53-59(64)58(56-63)62-60(65)55-57(52-49-46-43-40-37-34-32-29-26-23-20-17-14-11-8-5-2)67-61(66)54-51-48-45-42-39-36-31-27-24-21-18-15-12-9-6-3/h18,21,24,27,57-59,63-64H,4-17,19-20,22-23,25-26,28-56H2,1-3H3,(H,62,65)/b21-18+,27-24+. The quantitative estimate of drug-likeness (QED) is 0.0321. The maximum atomic E-state index is 13.3. The van der Waals surface area contributed by atoms with E-state index >= 15 is 0 Å². The van der Waals surface area contributed by atoms with Gasteiger partial charge in [-0.1, -0.05) is 289 Å². The van der Waals surface area contributed by atoms with Gasteiger partial charge in [-0.05, 0) is 51.4 Å². The lowest BCUT2D eigenvalue weighted by molar-refractivity contribution is -0.151. The zero-order valence-corrected chi connectivity index (χ0v) is 45.3. The van der Waals surface area contributed by atoms with Crippen LogP contribution in [0, 0.1) is 0 Å². The number of allylic oxidation sites excluding steroid dienone is 4. The number of nitrogens with one attached hydrogen (secondary N) is 1. The normalized spacial score (nSPS) is 13.2. The number of amides is 1. The number of ether oxygens (including phenoxy) is 1. The highest BCUT2D eigenvalue weighted by Crippen LogP contribution is 2.19. The molecular weight excluding hydrogens is 827 g/mol. The van der Waals surface area contributed by atoms with Crippen molar-refractivity contribution in [1.82, 2.24) is 5.32 Å². The first-order valence-corrected chi connectivity index (χ1v) is 30.1. The molecule has 67 heavy (non-hydrogen) atoms. The molecule has 6 nitrogen and oxygen atoms in total. The van der Waals surface area contributed by atoms with Crippen molar-refractivity contribution >= 4 is 11.9 Å². The van der Waals surface area contributed by atoms with Crippen LogP contribution in [0.2, 0.25) is 0 Å². The van der Waals surface area contributed by atoms with Crippen LogP contribution in [-0.2, 0) is 14.3 Å². The molecule has 0 bridgehead atoms. The second-order valence-electron chi connectivity index (χ2n) is 20.8. The van der Waals surface area contributed by atoms with E-state index in [0.29, 0.717) is 19.3 Å². The number of hydrogen-bond donors (Lipinski definition) is 3. The van der Waals surface area contributed by atoms with Crippen molar-refractivity contribution in [2.24, 2.45) is 0 Å². The maximum absolute atomic E-state index is 13.3. The van der Waals surface area contributed by atoms with Gasteiger partial charge in [0.2, 0.25) is 5.91 Å².